The molecule has 0 radical (unpaired) electrons. The minimum absolute atomic E-state index is 0.264. The standard InChI is InChI=1S/C17H18ClN3O2/c1-11-7-14(18)5-6-15(11)21-17(23)16(22)20-10-13-4-2-3-12(8-13)9-19/h2-8H,9-10,19H2,1H3,(H,20,22)(H,21,23). The Morgan fingerprint density at radius 1 is 1.09 bits per heavy atom. The van der Waals surface area contributed by atoms with E-state index < -0.39 is 11.8 Å². The van der Waals surface area contributed by atoms with Crippen LogP contribution in [-0.4, -0.2) is 11.8 Å². The summed E-state index contributed by atoms with van der Waals surface area (Å²) in [6.45, 7) is 2.50. The fraction of sp³-hybridized carbons (Fsp3) is 0.176. The minimum Gasteiger partial charge on any atom is -0.344 e. The lowest BCUT2D eigenvalue weighted by molar-refractivity contribution is -0.136. The van der Waals surface area contributed by atoms with Crippen molar-refractivity contribution in [1.82, 2.24) is 5.32 Å². The molecule has 4 N–H and O–H groups in total. The maximum absolute atomic E-state index is 11.9. The van der Waals surface area contributed by atoms with Crippen LogP contribution in [0.3, 0.4) is 0 Å². The molecule has 0 saturated heterocycles. The van der Waals surface area contributed by atoms with E-state index in [9.17, 15) is 9.59 Å². The van der Waals surface area contributed by atoms with Gasteiger partial charge in [0, 0.05) is 23.8 Å². The number of aryl methyl sites for hydroxylation is 1. The summed E-state index contributed by atoms with van der Waals surface area (Å²) in [4.78, 5) is 23.8. The van der Waals surface area contributed by atoms with Gasteiger partial charge in [0.15, 0.2) is 0 Å². The first-order valence-corrected chi connectivity index (χ1v) is 7.50. The van der Waals surface area contributed by atoms with Crippen LogP contribution in [0.4, 0.5) is 5.69 Å². The van der Waals surface area contributed by atoms with Crippen molar-refractivity contribution >= 4 is 29.1 Å². The SMILES string of the molecule is Cc1cc(Cl)ccc1NC(=O)C(=O)NCc1cccc(CN)c1. The molecule has 0 aromatic heterocycles. The van der Waals surface area contributed by atoms with Crippen LogP contribution in [0.5, 0.6) is 0 Å². The number of nitrogens with two attached hydrogens (primary N) is 1. The molecule has 0 fully saturated rings. The summed E-state index contributed by atoms with van der Waals surface area (Å²) >= 11 is 5.86. The van der Waals surface area contributed by atoms with Gasteiger partial charge in [-0.15, -0.1) is 0 Å². The predicted octanol–water partition coefficient (Wildman–Crippen LogP) is 2.36. The number of amides is 2. The molecule has 0 spiro atoms. The van der Waals surface area contributed by atoms with Gasteiger partial charge in [-0.1, -0.05) is 35.9 Å². The third kappa shape index (κ3) is 4.81. The Morgan fingerprint density at radius 2 is 1.83 bits per heavy atom. The topological polar surface area (TPSA) is 84.2 Å². The molecule has 0 unspecified atom stereocenters. The van der Waals surface area contributed by atoms with Crippen LogP contribution in [0.15, 0.2) is 42.5 Å². The van der Waals surface area contributed by atoms with E-state index in [2.05, 4.69) is 10.6 Å². The number of benzene rings is 2. The van der Waals surface area contributed by atoms with Gasteiger partial charge in [0.05, 0.1) is 0 Å². The average molecular weight is 332 g/mol. The molecule has 2 rings (SSSR count). The molecule has 0 aliphatic carbocycles. The van der Waals surface area contributed by atoms with E-state index >= 15 is 0 Å². The smallest absolute Gasteiger partial charge is 0.313 e. The van der Waals surface area contributed by atoms with Crippen LogP contribution in [0.25, 0.3) is 0 Å². The second-order valence-corrected chi connectivity index (χ2v) is 5.56. The van der Waals surface area contributed by atoms with Gasteiger partial charge in [-0.05, 0) is 41.8 Å². The van der Waals surface area contributed by atoms with Crippen molar-refractivity contribution in [2.45, 2.75) is 20.0 Å². The van der Waals surface area contributed by atoms with Gasteiger partial charge in [0.1, 0.15) is 0 Å². The number of halogens is 1. The molecule has 23 heavy (non-hydrogen) atoms. The van der Waals surface area contributed by atoms with E-state index in [0.717, 1.165) is 16.7 Å². The molecule has 0 atom stereocenters. The highest BCUT2D eigenvalue weighted by molar-refractivity contribution is 6.39. The normalized spacial score (nSPS) is 10.2. The van der Waals surface area contributed by atoms with Gasteiger partial charge in [0.25, 0.3) is 0 Å². The van der Waals surface area contributed by atoms with Crippen LogP contribution < -0.4 is 16.4 Å². The zero-order valence-corrected chi connectivity index (χ0v) is 13.5. The Morgan fingerprint density at radius 3 is 2.52 bits per heavy atom. The molecule has 0 aliphatic rings. The van der Waals surface area contributed by atoms with E-state index in [0.29, 0.717) is 17.3 Å². The third-order valence-electron chi connectivity index (χ3n) is 3.32. The predicted molar refractivity (Wildman–Crippen MR) is 91.0 cm³/mol. The summed E-state index contributed by atoms with van der Waals surface area (Å²) < 4.78 is 0. The highest BCUT2D eigenvalue weighted by atomic mass is 35.5. The van der Waals surface area contributed by atoms with E-state index in [1.807, 2.05) is 24.3 Å². The van der Waals surface area contributed by atoms with Crippen molar-refractivity contribution < 1.29 is 9.59 Å². The number of anilines is 1. The van der Waals surface area contributed by atoms with Gasteiger partial charge < -0.3 is 16.4 Å². The Hall–Kier alpha value is -2.37. The fourth-order valence-corrected chi connectivity index (χ4v) is 2.30. The number of hydrogen-bond donors (Lipinski definition) is 3. The van der Waals surface area contributed by atoms with Crippen LogP contribution in [0.1, 0.15) is 16.7 Å². The molecule has 0 bridgehead atoms. The second kappa shape index (κ2) is 7.76. The first-order chi connectivity index (χ1) is 11.0. The lowest BCUT2D eigenvalue weighted by Crippen LogP contribution is -2.35. The summed E-state index contributed by atoms with van der Waals surface area (Å²) in [5, 5.41) is 5.72. The van der Waals surface area contributed by atoms with Crippen molar-refractivity contribution in [2.75, 3.05) is 5.32 Å². The Labute approximate surface area is 139 Å². The maximum Gasteiger partial charge on any atom is 0.313 e. The first kappa shape index (κ1) is 17.0. The zero-order valence-electron chi connectivity index (χ0n) is 12.7. The Balaban J connectivity index is 1.93. The molecule has 6 heteroatoms. The Bertz CT molecular complexity index is 732. The molecule has 2 aromatic rings. The molecule has 120 valence electrons. The van der Waals surface area contributed by atoms with Crippen LogP contribution in [0, 0.1) is 6.92 Å². The summed E-state index contributed by atoms with van der Waals surface area (Å²) in [5.74, 6) is -1.41. The number of carbonyl (C=O) groups excluding carboxylic acids is 2. The quantitative estimate of drug-likeness (QED) is 0.752. The number of hydrogen-bond acceptors (Lipinski definition) is 3. The lowest BCUT2D eigenvalue weighted by atomic mass is 10.1. The van der Waals surface area contributed by atoms with E-state index in [1.54, 1.807) is 25.1 Å². The molecule has 0 heterocycles. The van der Waals surface area contributed by atoms with Crippen molar-refractivity contribution in [1.29, 1.82) is 0 Å². The molecule has 5 nitrogen and oxygen atoms in total. The van der Waals surface area contributed by atoms with Crippen molar-refractivity contribution in [3.05, 3.63) is 64.2 Å². The fourth-order valence-electron chi connectivity index (χ4n) is 2.08. The van der Waals surface area contributed by atoms with Gasteiger partial charge in [-0.2, -0.15) is 0 Å². The third-order valence-corrected chi connectivity index (χ3v) is 3.56. The highest BCUT2D eigenvalue weighted by Gasteiger charge is 2.14. The number of rotatable bonds is 4. The first-order valence-electron chi connectivity index (χ1n) is 7.13. The lowest BCUT2D eigenvalue weighted by Gasteiger charge is -2.09. The Kier molecular flexibility index (Phi) is 5.73. The van der Waals surface area contributed by atoms with Crippen molar-refractivity contribution in [3.8, 4) is 0 Å². The summed E-state index contributed by atoms with van der Waals surface area (Å²) in [6.07, 6.45) is 0. The molecule has 0 saturated carbocycles. The molecule has 2 aromatic carbocycles. The van der Waals surface area contributed by atoms with Gasteiger partial charge in [-0.25, -0.2) is 0 Å². The van der Waals surface area contributed by atoms with E-state index in [4.69, 9.17) is 17.3 Å². The van der Waals surface area contributed by atoms with Crippen molar-refractivity contribution in [2.24, 2.45) is 5.73 Å². The molecular formula is C17H18ClN3O2. The minimum atomic E-state index is -0.717. The molecule has 0 aliphatic heterocycles. The van der Waals surface area contributed by atoms with Gasteiger partial charge >= 0.3 is 11.8 Å². The average Bonchev–Trinajstić information content (AvgIpc) is 2.55. The van der Waals surface area contributed by atoms with Crippen molar-refractivity contribution in [3.63, 3.8) is 0 Å². The highest BCUT2D eigenvalue weighted by Crippen LogP contribution is 2.19. The van der Waals surface area contributed by atoms with E-state index in [-0.39, 0.29) is 6.54 Å². The number of nitrogens with one attached hydrogen (secondary N) is 2. The molecule has 2 amide bonds. The van der Waals surface area contributed by atoms with Crippen LogP contribution in [-0.2, 0) is 22.7 Å². The monoisotopic (exact) mass is 331 g/mol. The van der Waals surface area contributed by atoms with E-state index in [1.165, 1.54) is 0 Å². The van der Waals surface area contributed by atoms with Crippen LogP contribution >= 0.6 is 11.6 Å². The summed E-state index contributed by atoms with van der Waals surface area (Å²) in [7, 11) is 0. The number of carbonyl (C=O) groups is 2. The largest absolute Gasteiger partial charge is 0.344 e. The summed E-state index contributed by atoms with van der Waals surface area (Å²) in [5.41, 5.74) is 8.77. The van der Waals surface area contributed by atoms with Gasteiger partial charge in [0.2, 0.25) is 0 Å². The second-order valence-electron chi connectivity index (χ2n) is 5.12. The zero-order chi connectivity index (χ0) is 16.8. The summed E-state index contributed by atoms with van der Waals surface area (Å²) in [6, 6.07) is 12.5. The van der Waals surface area contributed by atoms with Gasteiger partial charge in [-0.3, -0.25) is 9.59 Å². The van der Waals surface area contributed by atoms with Crippen LogP contribution in [0.2, 0.25) is 5.02 Å². The molecular weight excluding hydrogens is 314 g/mol. The maximum atomic E-state index is 11.9.